The fourth-order valence-electron chi connectivity index (χ4n) is 9.52. The Morgan fingerprint density at radius 3 is 1.83 bits per heavy atom. The van der Waals surface area contributed by atoms with Crippen LogP contribution in [0.3, 0.4) is 0 Å². The SMILES string of the molecule is CC1(C)c2ccccc2-c2ccc(N(c3ccccc3)c3ccc(-c4ccc5c(c4)oc4cccc(-c6nc(-c7ccccc7)nc(-c7ccc8ccccc8c7)n6)c45)cc3)cc21. The number of rotatable bonds is 7. The van der Waals surface area contributed by atoms with Gasteiger partial charge in [0.15, 0.2) is 17.5 Å². The van der Waals surface area contributed by atoms with Gasteiger partial charge in [-0.25, -0.2) is 15.0 Å². The van der Waals surface area contributed by atoms with Crippen LogP contribution in [-0.2, 0) is 5.41 Å². The topological polar surface area (TPSA) is 55.1 Å². The van der Waals surface area contributed by atoms with E-state index >= 15 is 0 Å². The lowest BCUT2D eigenvalue weighted by Gasteiger charge is -2.28. The zero-order chi connectivity index (χ0) is 42.1. The molecule has 2 aromatic heterocycles. The summed E-state index contributed by atoms with van der Waals surface area (Å²) in [6.07, 6.45) is 0. The van der Waals surface area contributed by atoms with Crippen molar-refractivity contribution in [2.45, 2.75) is 19.3 Å². The van der Waals surface area contributed by atoms with E-state index in [9.17, 15) is 0 Å². The van der Waals surface area contributed by atoms with Crippen molar-refractivity contribution in [3.8, 4) is 56.4 Å². The van der Waals surface area contributed by atoms with Gasteiger partial charge in [0.2, 0.25) is 0 Å². The molecule has 0 N–H and O–H groups in total. The van der Waals surface area contributed by atoms with Crippen LogP contribution in [0.4, 0.5) is 17.1 Å². The van der Waals surface area contributed by atoms with Gasteiger partial charge < -0.3 is 9.32 Å². The number of aromatic nitrogens is 3. The molecule has 0 atom stereocenters. The molecular weight excluding hydrogens is 769 g/mol. The van der Waals surface area contributed by atoms with Crippen molar-refractivity contribution in [2.24, 2.45) is 0 Å². The maximum Gasteiger partial charge on any atom is 0.164 e. The van der Waals surface area contributed by atoms with Crippen LogP contribution in [0, 0.1) is 0 Å². The number of fused-ring (bicyclic) bond motifs is 7. The highest BCUT2D eigenvalue weighted by Crippen LogP contribution is 2.50. The molecule has 5 nitrogen and oxygen atoms in total. The summed E-state index contributed by atoms with van der Waals surface area (Å²) in [5.74, 6) is 1.84. The maximum atomic E-state index is 6.63. The smallest absolute Gasteiger partial charge is 0.164 e. The predicted octanol–water partition coefficient (Wildman–Crippen LogP) is 15.4. The molecule has 0 amide bonds. The van der Waals surface area contributed by atoms with E-state index < -0.39 is 0 Å². The van der Waals surface area contributed by atoms with Crippen LogP contribution in [0.5, 0.6) is 0 Å². The number of nitrogens with zero attached hydrogens (tertiary/aromatic N) is 4. The third kappa shape index (κ3) is 6.20. The molecule has 0 unspecified atom stereocenters. The Hall–Kier alpha value is -8.15. The minimum Gasteiger partial charge on any atom is -0.456 e. The Bertz CT molecular complexity index is 3540. The second-order valence-electron chi connectivity index (χ2n) is 16.8. The molecule has 9 aromatic carbocycles. The zero-order valence-corrected chi connectivity index (χ0v) is 34.8. The molecule has 0 fully saturated rings. The summed E-state index contributed by atoms with van der Waals surface area (Å²) in [7, 11) is 0. The Morgan fingerprint density at radius 1 is 0.381 bits per heavy atom. The number of benzene rings is 9. The minimum absolute atomic E-state index is 0.0958. The van der Waals surface area contributed by atoms with E-state index in [1.807, 2.05) is 42.5 Å². The van der Waals surface area contributed by atoms with Gasteiger partial charge in [-0.05, 0) is 105 Å². The monoisotopic (exact) mass is 808 g/mol. The molecule has 63 heavy (non-hydrogen) atoms. The van der Waals surface area contributed by atoms with E-state index in [2.05, 4.69) is 183 Å². The number of furan rings is 1. The largest absolute Gasteiger partial charge is 0.456 e. The van der Waals surface area contributed by atoms with Crippen LogP contribution in [0.15, 0.2) is 211 Å². The summed E-state index contributed by atoms with van der Waals surface area (Å²) in [6, 6.07) is 72.6. The predicted molar refractivity (Wildman–Crippen MR) is 259 cm³/mol. The number of para-hydroxylation sites is 1. The summed E-state index contributed by atoms with van der Waals surface area (Å²) in [5, 5.41) is 4.29. The normalized spacial score (nSPS) is 12.7. The van der Waals surface area contributed by atoms with E-state index in [1.165, 1.54) is 27.6 Å². The molecule has 1 aliphatic rings. The molecule has 0 aliphatic heterocycles. The van der Waals surface area contributed by atoms with Crippen LogP contribution < -0.4 is 4.90 Å². The van der Waals surface area contributed by atoms with Crippen molar-refractivity contribution < 1.29 is 4.42 Å². The van der Waals surface area contributed by atoms with E-state index in [1.54, 1.807) is 0 Å². The standard InChI is InChI=1S/C58H40N4O/c1-58(2)50-22-12-11-20-46(50)47-33-31-45(36-51(47)58)62(43-18-7-4-8-19-43)44-29-26-38(27-30-44)41-28-32-48-53(35-41)63-52-23-13-21-49(54(48)52)57-60-55(39-15-5-3-6-16-39)59-56(61-57)42-25-24-37-14-9-10-17-40(37)34-42/h3-36H,1-2H3. The Morgan fingerprint density at radius 2 is 1.00 bits per heavy atom. The highest BCUT2D eigenvalue weighted by Gasteiger charge is 2.35. The first-order chi connectivity index (χ1) is 31.0. The second-order valence-corrected chi connectivity index (χ2v) is 16.8. The quantitative estimate of drug-likeness (QED) is 0.160. The Balaban J connectivity index is 0.921. The average molecular weight is 809 g/mol. The minimum atomic E-state index is -0.0958. The van der Waals surface area contributed by atoms with Gasteiger partial charge >= 0.3 is 0 Å². The lowest BCUT2D eigenvalue weighted by Crippen LogP contribution is -2.16. The summed E-state index contributed by atoms with van der Waals surface area (Å²) < 4.78 is 6.63. The lowest BCUT2D eigenvalue weighted by molar-refractivity contribution is 0.660. The number of hydrogen-bond donors (Lipinski definition) is 0. The molecule has 11 aromatic rings. The molecule has 0 saturated heterocycles. The van der Waals surface area contributed by atoms with Crippen molar-refractivity contribution in [3.63, 3.8) is 0 Å². The van der Waals surface area contributed by atoms with E-state index in [-0.39, 0.29) is 5.41 Å². The van der Waals surface area contributed by atoms with Gasteiger partial charge in [0.25, 0.3) is 0 Å². The molecule has 298 valence electrons. The summed E-state index contributed by atoms with van der Waals surface area (Å²) in [6.45, 7) is 4.67. The molecular formula is C58H40N4O. The molecule has 5 heteroatoms. The van der Waals surface area contributed by atoms with Gasteiger partial charge in [0.1, 0.15) is 11.2 Å². The second kappa shape index (κ2) is 14.5. The third-order valence-electron chi connectivity index (χ3n) is 12.7. The molecule has 1 aliphatic carbocycles. The molecule has 2 heterocycles. The zero-order valence-electron chi connectivity index (χ0n) is 34.8. The van der Waals surface area contributed by atoms with Gasteiger partial charge in [-0.15, -0.1) is 0 Å². The van der Waals surface area contributed by atoms with E-state index in [4.69, 9.17) is 19.4 Å². The molecule has 0 radical (unpaired) electrons. The van der Waals surface area contributed by atoms with Crippen LogP contribution in [-0.4, -0.2) is 15.0 Å². The highest BCUT2D eigenvalue weighted by atomic mass is 16.3. The van der Waals surface area contributed by atoms with Crippen molar-refractivity contribution in [2.75, 3.05) is 4.90 Å². The molecule has 0 bridgehead atoms. The lowest BCUT2D eigenvalue weighted by atomic mass is 9.82. The van der Waals surface area contributed by atoms with Gasteiger partial charge in [0.05, 0.1) is 0 Å². The first-order valence-electron chi connectivity index (χ1n) is 21.4. The first kappa shape index (κ1) is 36.7. The summed E-state index contributed by atoms with van der Waals surface area (Å²) >= 11 is 0. The molecule has 0 spiro atoms. The average Bonchev–Trinajstić information content (AvgIpc) is 3.83. The fraction of sp³-hybridized carbons (Fsp3) is 0.0517. The van der Waals surface area contributed by atoms with Crippen molar-refractivity contribution in [1.82, 2.24) is 15.0 Å². The van der Waals surface area contributed by atoms with Crippen LogP contribution in [0.25, 0.3) is 89.1 Å². The number of hydrogen-bond acceptors (Lipinski definition) is 5. The maximum absolute atomic E-state index is 6.63. The third-order valence-corrected chi connectivity index (χ3v) is 12.7. The van der Waals surface area contributed by atoms with Crippen LogP contribution in [0.1, 0.15) is 25.0 Å². The van der Waals surface area contributed by atoms with Gasteiger partial charge in [-0.2, -0.15) is 0 Å². The molecule has 12 rings (SSSR count). The number of anilines is 3. The van der Waals surface area contributed by atoms with Gasteiger partial charge in [0, 0.05) is 49.9 Å². The molecule has 0 saturated carbocycles. The first-order valence-corrected chi connectivity index (χ1v) is 21.4. The fourth-order valence-corrected chi connectivity index (χ4v) is 9.52. The van der Waals surface area contributed by atoms with Crippen LogP contribution in [0.2, 0.25) is 0 Å². The van der Waals surface area contributed by atoms with E-state index in [0.29, 0.717) is 17.5 Å². The summed E-state index contributed by atoms with van der Waals surface area (Å²) in [4.78, 5) is 17.6. The van der Waals surface area contributed by atoms with Gasteiger partial charge in [-0.1, -0.05) is 159 Å². The highest BCUT2D eigenvalue weighted by molar-refractivity contribution is 6.12. The van der Waals surface area contributed by atoms with E-state index in [0.717, 1.165) is 72.2 Å². The summed E-state index contributed by atoms with van der Waals surface area (Å²) in [5.41, 5.74) is 15.1. The Labute approximate surface area is 365 Å². The van der Waals surface area contributed by atoms with Crippen molar-refractivity contribution >= 4 is 49.8 Å². The van der Waals surface area contributed by atoms with Crippen molar-refractivity contribution in [1.29, 1.82) is 0 Å². The van der Waals surface area contributed by atoms with Crippen LogP contribution >= 0.6 is 0 Å². The van der Waals surface area contributed by atoms with Gasteiger partial charge in [-0.3, -0.25) is 0 Å². The Kier molecular flexibility index (Phi) is 8.44. The van der Waals surface area contributed by atoms with Crippen molar-refractivity contribution in [3.05, 3.63) is 217 Å².